The van der Waals surface area contributed by atoms with Crippen molar-refractivity contribution in [3.63, 3.8) is 0 Å². The SMILES string of the molecule is COc1ccc2c(c1)C(=O)CC1(CCN(S(=O)(=O)c3ccc(C)cc3C)CC1)O2. The number of nitrogens with zero attached hydrogens (tertiary/aromatic N) is 1. The Bertz CT molecular complexity index is 1070. The van der Waals surface area contributed by atoms with Gasteiger partial charge in [0.25, 0.3) is 0 Å². The molecular formula is C22H25NO5S. The quantitative estimate of drug-likeness (QED) is 0.767. The first-order valence-corrected chi connectivity index (χ1v) is 11.2. The summed E-state index contributed by atoms with van der Waals surface area (Å²) in [4.78, 5) is 13.1. The molecule has 0 amide bonds. The number of aryl methyl sites for hydroxylation is 2. The summed E-state index contributed by atoms with van der Waals surface area (Å²) >= 11 is 0. The van der Waals surface area contributed by atoms with E-state index < -0.39 is 15.6 Å². The minimum absolute atomic E-state index is 0.0100. The highest BCUT2D eigenvalue weighted by atomic mass is 32.2. The molecule has 154 valence electrons. The van der Waals surface area contributed by atoms with Crippen molar-refractivity contribution in [2.75, 3.05) is 20.2 Å². The fraction of sp³-hybridized carbons (Fsp3) is 0.409. The molecule has 0 radical (unpaired) electrons. The average molecular weight is 416 g/mol. The maximum atomic E-state index is 13.1. The minimum atomic E-state index is -3.57. The Morgan fingerprint density at radius 3 is 2.45 bits per heavy atom. The number of Topliss-reactive ketones (excluding diaryl/α,β-unsaturated/α-hetero) is 1. The number of piperidine rings is 1. The number of methoxy groups -OCH3 is 1. The molecule has 0 unspecified atom stereocenters. The lowest BCUT2D eigenvalue weighted by atomic mass is 9.83. The summed E-state index contributed by atoms with van der Waals surface area (Å²) in [7, 11) is -2.01. The van der Waals surface area contributed by atoms with Gasteiger partial charge in [-0.3, -0.25) is 4.79 Å². The van der Waals surface area contributed by atoms with Crippen LogP contribution in [0.15, 0.2) is 41.3 Å². The zero-order valence-corrected chi connectivity index (χ0v) is 17.7. The van der Waals surface area contributed by atoms with Gasteiger partial charge in [0.05, 0.1) is 24.0 Å². The van der Waals surface area contributed by atoms with Gasteiger partial charge in [-0.05, 0) is 43.7 Å². The van der Waals surface area contributed by atoms with Crippen molar-refractivity contribution >= 4 is 15.8 Å². The second kappa shape index (κ2) is 7.15. The van der Waals surface area contributed by atoms with Crippen molar-refractivity contribution in [3.8, 4) is 11.5 Å². The van der Waals surface area contributed by atoms with Gasteiger partial charge in [0.1, 0.15) is 17.1 Å². The summed E-state index contributed by atoms with van der Waals surface area (Å²) in [6, 6.07) is 10.6. The number of benzene rings is 2. The van der Waals surface area contributed by atoms with Gasteiger partial charge in [0.15, 0.2) is 5.78 Å². The van der Waals surface area contributed by atoms with E-state index in [0.29, 0.717) is 47.9 Å². The van der Waals surface area contributed by atoms with Gasteiger partial charge in [-0.15, -0.1) is 0 Å². The van der Waals surface area contributed by atoms with Gasteiger partial charge in [0, 0.05) is 25.9 Å². The number of hydrogen-bond acceptors (Lipinski definition) is 5. The summed E-state index contributed by atoms with van der Waals surface area (Å²) in [5.41, 5.74) is 1.66. The number of ether oxygens (including phenoxy) is 2. The van der Waals surface area contributed by atoms with Crippen LogP contribution in [0.25, 0.3) is 0 Å². The molecule has 2 aromatic carbocycles. The Kier molecular flexibility index (Phi) is 4.91. The molecule has 1 fully saturated rings. The van der Waals surface area contributed by atoms with Gasteiger partial charge in [-0.2, -0.15) is 4.31 Å². The van der Waals surface area contributed by atoms with E-state index in [-0.39, 0.29) is 12.2 Å². The van der Waals surface area contributed by atoms with Crippen LogP contribution in [0.4, 0.5) is 0 Å². The molecule has 7 heteroatoms. The number of carbonyl (C=O) groups is 1. The van der Waals surface area contributed by atoms with Crippen molar-refractivity contribution < 1.29 is 22.7 Å². The topological polar surface area (TPSA) is 72.9 Å². The summed E-state index contributed by atoms with van der Waals surface area (Å²) < 4.78 is 39.2. The third-order valence-corrected chi connectivity index (χ3v) is 7.94. The van der Waals surface area contributed by atoms with Crippen LogP contribution in [0.3, 0.4) is 0 Å². The van der Waals surface area contributed by atoms with Crippen LogP contribution in [0, 0.1) is 13.8 Å². The number of fused-ring (bicyclic) bond motifs is 1. The van der Waals surface area contributed by atoms with Crippen molar-refractivity contribution in [3.05, 3.63) is 53.1 Å². The monoisotopic (exact) mass is 415 g/mol. The molecule has 2 heterocycles. The Morgan fingerprint density at radius 1 is 1.07 bits per heavy atom. The highest BCUT2D eigenvalue weighted by Crippen LogP contribution is 2.41. The zero-order chi connectivity index (χ0) is 20.8. The summed E-state index contributed by atoms with van der Waals surface area (Å²) in [6.45, 7) is 4.42. The van der Waals surface area contributed by atoms with E-state index in [1.807, 2.05) is 26.0 Å². The van der Waals surface area contributed by atoms with E-state index in [2.05, 4.69) is 0 Å². The maximum absolute atomic E-state index is 13.1. The van der Waals surface area contributed by atoms with Gasteiger partial charge in [-0.25, -0.2) is 8.42 Å². The molecule has 0 aromatic heterocycles. The predicted molar refractivity (Wildman–Crippen MR) is 109 cm³/mol. The Hall–Kier alpha value is -2.38. The van der Waals surface area contributed by atoms with E-state index in [4.69, 9.17) is 9.47 Å². The van der Waals surface area contributed by atoms with Crippen LogP contribution in [-0.2, 0) is 10.0 Å². The average Bonchev–Trinajstić information content (AvgIpc) is 2.68. The van der Waals surface area contributed by atoms with Crippen LogP contribution >= 0.6 is 0 Å². The smallest absolute Gasteiger partial charge is 0.243 e. The molecule has 0 aliphatic carbocycles. The number of hydrogen-bond donors (Lipinski definition) is 0. The number of rotatable bonds is 3. The third-order valence-electron chi connectivity index (χ3n) is 5.88. The fourth-order valence-corrected chi connectivity index (χ4v) is 5.89. The molecule has 2 aromatic rings. The van der Waals surface area contributed by atoms with Crippen LogP contribution in [0.1, 0.15) is 40.7 Å². The van der Waals surface area contributed by atoms with Crippen molar-refractivity contribution in [2.24, 2.45) is 0 Å². The first-order valence-electron chi connectivity index (χ1n) is 9.72. The third kappa shape index (κ3) is 3.53. The largest absolute Gasteiger partial charge is 0.497 e. The zero-order valence-electron chi connectivity index (χ0n) is 16.9. The van der Waals surface area contributed by atoms with E-state index in [0.717, 1.165) is 11.1 Å². The fourth-order valence-electron chi connectivity index (χ4n) is 4.24. The molecule has 0 N–H and O–H groups in total. The highest BCUT2D eigenvalue weighted by Gasteiger charge is 2.45. The lowest BCUT2D eigenvalue weighted by Crippen LogP contribution is -2.52. The molecule has 2 aliphatic rings. The van der Waals surface area contributed by atoms with E-state index >= 15 is 0 Å². The second-order valence-electron chi connectivity index (χ2n) is 7.92. The predicted octanol–water partition coefficient (Wildman–Crippen LogP) is 3.50. The first kappa shape index (κ1) is 19.9. The molecule has 0 saturated carbocycles. The normalized spacial score (nSPS) is 18.9. The Morgan fingerprint density at radius 2 is 1.79 bits per heavy atom. The van der Waals surface area contributed by atoms with Crippen LogP contribution in [0.2, 0.25) is 0 Å². The van der Waals surface area contributed by atoms with Gasteiger partial charge < -0.3 is 9.47 Å². The molecule has 1 saturated heterocycles. The first-order chi connectivity index (χ1) is 13.7. The van der Waals surface area contributed by atoms with Crippen LogP contribution in [0.5, 0.6) is 11.5 Å². The van der Waals surface area contributed by atoms with E-state index in [1.54, 1.807) is 31.4 Å². The summed E-state index contributed by atoms with van der Waals surface area (Å²) in [6.07, 6.45) is 1.22. The summed E-state index contributed by atoms with van der Waals surface area (Å²) in [5, 5.41) is 0. The number of sulfonamides is 1. The molecular weight excluding hydrogens is 390 g/mol. The van der Waals surface area contributed by atoms with Crippen LogP contribution < -0.4 is 9.47 Å². The van der Waals surface area contributed by atoms with Crippen molar-refractivity contribution in [2.45, 2.75) is 43.6 Å². The van der Waals surface area contributed by atoms with E-state index in [9.17, 15) is 13.2 Å². The molecule has 6 nitrogen and oxygen atoms in total. The molecule has 4 rings (SSSR count). The van der Waals surface area contributed by atoms with Crippen LogP contribution in [-0.4, -0.2) is 44.3 Å². The molecule has 29 heavy (non-hydrogen) atoms. The van der Waals surface area contributed by atoms with Gasteiger partial charge in [0.2, 0.25) is 10.0 Å². The lowest BCUT2D eigenvalue weighted by molar-refractivity contribution is 0.00583. The molecule has 1 spiro atoms. The number of carbonyl (C=O) groups excluding carboxylic acids is 1. The van der Waals surface area contributed by atoms with E-state index in [1.165, 1.54) is 4.31 Å². The summed E-state index contributed by atoms with van der Waals surface area (Å²) in [5.74, 6) is 1.18. The molecule has 2 aliphatic heterocycles. The van der Waals surface area contributed by atoms with Gasteiger partial charge in [-0.1, -0.05) is 17.7 Å². The Labute approximate surface area is 171 Å². The molecule has 0 atom stereocenters. The minimum Gasteiger partial charge on any atom is -0.497 e. The number of ketones is 1. The van der Waals surface area contributed by atoms with Gasteiger partial charge >= 0.3 is 0 Å². The highest BCUT2D eigenvalue weighted by molar-refractivity contribution is 7.89. The van der Waals surface area contributed by atoms with Crippen molar-refractivity contribution in [1.82, 2.24) is 4.31 Å². The lowest BCUT2D eigenvalue weighted by Gasteiger charge is -2.43. The molecule has 0 bridgehead atoms. The maximum Gasteiger partial charge on any atom is 0.243 e. The Balaban J connectivity index is 1.54. The second-order valence-corrected chi connectivity index (χ2v) is 9.83. The van der Waals surface area contributed by atoms with Crippen molar-refractivity contribution in [1.29, 1.82) is 0 Å². The standard InChI is InChI=1S/C22H25NO5S/c1-15-4-7-21(16(2)12-15)29(25,26)23-10-8-22(9-11-23)14-19(24)18-13-17(27-3)5-6-20(18)28-22/h4-7,12-13H,8-11,14H2,1-3H3.